The van der Waals surface area contributed by atoms with E-state index in [4.69, 9.17) is 10.7 Å². The molecule has 6 rings (SSSR count). The molecular weight excluding hydrogens is 550 g/mol. The van der Waals surface area contributed by atoms with Gasteiger partial charge in [0.15, 0.2) is 0 Å². The summed E-state index contributed by atoms with van der Waals surface area (Å²) in [5.74, 6) is 0.229. The number of carbonyl (C=O) groups is 1. The fourth-order valence-corrected chi connectivity index (χ4v) is 6.85. The predicted octanol–water partition coefficient (Wildman–Crippen LogP) is 4.77. The van der Waals surface area contributed by atoms with Gasteiger partial charge in [0.2, 0.25) is 5.95 Å². The fourth-order valence-electron chi connectivity index (χ4n) is 5.46. The number of hydrogen-bond acceptors (Lipinski definition) is 8. The molecule has 2 aromatic carbocycles. The van der Waals surface area contributed by atoms with Gasteiger partial charge in [0.1, 0.15) is 5.69 Å². The molecule has 214 valence electrons. The maximum Gasteiger partial charge on any atom is 0.270 e. The van der Waals surface area contributed by atoms with Gasteiger partial charge < -0.3 is 16.4 Å². The zero-order valence-electron chi connectivity index (χ0n) is 23.1. The van der Waals surface area contributed by atoms with Gasteiger partial charge in [-0.1, -0.05) is 36.4 Å². The number of carbonyl (C=O) groups excluding carboxylic acids is 1. The highest BCUT2D eigenvalue weighted by atomic mass is 32.2. The van der Waals surface area contributed by atoms with Crippen LogP contribution < -0.4 is 16.4 Å². The first-order chi connectivity index (χ1) is 20.3. The third kappa shape index (κ3) is 5.42. The van der Waals surface area contributed by atoms with Gasteiger partial charge in [-0.05, 0) is 68.5 Å². The molecule has 11 heteroatoms. The number of nitrogen functional groups attached to an aromatic ring is 1. The first-order valence-electron chi connectivity index (χ1n) is 13.8. The van der Waals surface area contributed by atoms with Crippen LogP contribution in [0.15, 0.2) is 90.2 Å². The summed E-state index contributed by atoms with van der Waals surface area (Å²) in [4.78, 5) is 26.4. The monoisotopic (exact) mass is 581 g/mol. The van der Waals surface area contributed by atoms with Crippen LogP contribution >= 0.6 is 0 Å². The Kier molecular flexibility index (Phi) is 7.34. The molecule has 5 aromatic rings. The molecule has 1 aliphatic carbocycles. The topological polar surface area (TPSA) is 145 Å². The molecule has 4 N–H and O–H groups in total. The number of anilines is 2. The van der Waals surface area contributed by atoms with Crippen LogP contribution in [0.25, 0.3) is 22.2 Å². The third-order valence-corrected chi connectivity index (χ3v) is 9.25. The molecule has 1 amide bonds. The smallest absolute Gasteiger partial charge is 0.270 e. The van der Waals surface area contributed by atoms with E-state index in [1.807, 2.05) is 25.1 Å². The minimum atomic E-state index is -3.82. The molecule has 0 saturated heterocycles. The van der Waals surface area contributed by atoms with E-state index in [1.54, 1.807) is 60.9 Å². The van der Waals surface area contributed by atoms with Gasteiger partial charge in [-0.2, -0.15) is 0 Å². The van der Waals surface area contributed by atoms with Gasteiger partial charge in [0, 0.05) is 35.4 Å². The number of rotatable bonds is 7. The molecule has 1 aliphatic rings. The van der Waals surface area contributed by atoms with Crippen molar-refractivity contribution in [1.29, 1.82) is 0 Å². The molecule has 0 spiro atoms. The number of nitrogens with two attached hydrogens (primary N) is 1. The summed E-state index contributed by atoms with van der Waals surface area (Å²) < 4.78 is 28.5. The summed E-state index contributed by atoms with van der Waals surface area (Å²) in [5, 5.41) is 7.31. The number of hydrogen-bond donors (Lipinski definition) is 3. The van der Waals surface area contributed by atoms with Crippen LogP contribution in [0.5, 0.6) is 0 Å². The van der Waals surface area contributed by atoms with E-state index >= 15 is 0 Å². The Morgan fingerprint density at radius 1 is 0.952 bits per heavy atom. The summed E-state index contributed by atoms with van der Waals surface area (Å²) >= 11 is 0. The second-order valence-electron chi connectivity index (χ2n) is 10.6. The van der Waals surface area contributed by atoms with Gasteiger partial charge in [-0.15, -0.1) is 0 Å². The zero-order chi connectivity index (χ0) is 29.3. The highest BCUT2D eigenvalue weighted by Gasteiger charge is 2.26. The number of aromatic nitrogens is 4. The Labute approximate surface area is 244 Å². The van der Waals surface area contributed by atoms with E-state index in [-0.39, 0.29) is 22.9 Å². The summed E-state index contributed by atoms with van der Waals surface area (Å²) in [6.45, 7) is 1.91. The van der Waals surface area contributed by atoms with Gasteiger partial charge in [0.05, 0.1) is 28.0 Å². The van der Waals surface area contributed by atoms with E-state index < -0.39 is 10.0 Å². The molecule has 1 fully saturated rings. The fraction of sp³-hybridized carbons (Fsp3) is 0.226. The maximum absolute atomic E-state index is 13.6. The van der Waals surface area contributed by atoms with Crippen LogP contribution in [0.2, 0.25) is 0 Å². The molecular formula is C31H31N7O3S. The lowest BCUT2D eigenvalue weighted by molar-refractivity contribution is 0.0921. The van der Waals surface area contributed by atoms with Crippen molar-refractivity contribution in [3.05, 3.63) is 96.6 Å². The minimum absolute atomic E-state index is 0.0193. The average Bonchev–Trinajstić information content (AvgIpc) is 3.39. The van der Waals surface area contributed by atoms with Crippen molar-refractivity contribution in [2.75, 3.05) is 11.1 Å². The number of aryl methyl sites for hydroxylation is 1. The summed E-state index contributed by atoms with van der Waals surface area (Å²) in [6.07, 6.45) is 8.28. The number of amides is 1. The van der Waals surface area contributed by atoms with Crippen molar-refractivity contribution >= 4 is 38.5 Å². The van der Waals surface area contributed by atoms with Gasteiger partial charge in [-0.25, -0.2) is 27.3 Å². The largest absolute Gasteiger partial charge is 0.397 e. The highest BCUT2D eigenvalue weighted by Crippen LogP contribution is 2.34. The maximum atomic E-state index is 13.6. The van der Waals surface area contributed by atoms with Crippen molar-refractivity contribution in [3.63, 3.8) is 0 Å². The first kappa shape index (κ1) is 27.4. The van der Waals surface area contributed by atoms with Crippen LogP contribution in [0.4, 0.5) is 11.6 Å². The average molecular weight is 582 g/mol. The number of para-hydroxylation sites is 1. The normalized spacial score (nSPS) is 17.2. The first-order valence-corrected chi connectivity index (χ1v) is 15.3. The number of fused-ring (bicyclic) bond motifs is 1. The molecule has 0 unspecified atom stereocenters. The lowest BCUT2D eigenvalue weighted by atomic mass is 9.91. The van der Waals surface area contributed by atoms with Crippen LogP contribution in [-0.2, 0) is 10.0 Å². The van der Waals surface area contributed by atoms with Crippen LogP contribution in [-0.4, -0.2) is 45.3 Å². The predicted molar refractivity (Wildman–Crippen MR) is 163 cm³/mol. The number of pyridine rings is 1. The summed E-state index contributed by atoms with van der Waals surface area (Å²) in [5.41, 5.74) is 9.29. The van der Waals surface area contributed by atoms with Crippen molar-refractivity contribution in [2.45, 2.75) is 49.6 Å². The molecule has 0 bridgehead atoms. The van der Waals surface area contributed by atoms with E-state index in [2.05, 4.69) is 20.6 Å². The molecule has 0 radical (unpaired) electrons. The quantitative estimate of drug-likeness (QED) is 0.249. The van der Waals surface area contributed by atoms with E-state index in [9.17, 15) is 13.2 Å². The van der Waals surface area contributed by atoms with E-state index in [1.165, 1.54) is 10.2 Å². The van der Waals surface area contributed by atoms with Crippen molar-refractivity contribution in [1.82, 2.24) is 24.2 Å². The van der Waals surface area contributed by atoms with Crippen LogP contribution in [0.3, 0.4) is 0 Å². The number of nitrogens with zero attached hydrogens (tertiary/aromatic N) is 4. The Morgan fingerprint density at radius 3 is 2.50 bits per heavy atom. The molecule has 2 atom stereocenters. The minimum Gasteiger partial charge on any atom is -0.397 e. The molecule has 0 aliphatic heterocycles. The van der Waals surface area contributed by atoms with Crippen LogP contribution in [0.1, 0.15) is 41.7 Å². The lowest BCUT2D eigenvalue weighted by Gasteiger charge is -2.30. The molecule has 3 aromatic heterocycles. The number of nitrogens with one attached hydrogen (secondary N) is 2. The highest BCUT2D eigenvalue weighted by molar-refractivity contribution is 7.90. The zero-order valence-corrected chi connectivity index (χ0v) is 23.9. The Morgan fingerprint density at radius 2 is 1.71 bits per heavy atom. The Bertz CT molecular complexity index is 1860. The van der Waals surface area contributed by atoms with Crippen molar-refractivity contribution < 1.29 is 13.2 Å². The van der Waals surface area contributed by atoms with E-state index in [0.29, 0.717) is 40.5 Å². The molecule has 10 nitrogen and oxygen atoms in total. The second-order valence-corrected chi connectivity index (χ2v) is 12.4. The molecule has 1 saturated carbocycles. The second kappa shape index (κ2) is 11.2. The summed E-state index contributed by atoms with van der Waals surface area (Å²) in [7, 11) is -3.82. The summed E-state index contributed by atoms with van der Waals surface area (Å²) in [6, 6.07) is 19.1. The Hall–Kier alpha value is -4.77. The lowest BCUT2D eigenvalue weighted by Crippen LogP contribution is -2.42. The van der Waals surface area contributed by atoms with Gasteiger partial charge in [-0.3, -0.25) is 4.79 Å². The molecule has 3 heterocycles. The Balaban J connectivity index is 1.25. The van der Waals surface area contributed by atoms with Gasteiger partial charge in [0.25, 0.3) is 15.9 Å². The standard InChI is InChI=1S/C31H31N7O3S/c1-20-17-34-31(36-23-9-7-8-22(16-23)35-30(39)27-15-14-21(32)18-33-27)37-29(20)26-19-38(28-13-6-5-12-25(26)28)42(40,41)24-10-3-2-4-11-24/h2-6,10-15,17-19,22-23H,7-9,16,32H2,1H3,(H,35,39)(H,34,36,37)/t22-,23+/m0/s1. The SMILES string of the molecule is Cc1cnc(N[C@@H]2CCC[C@H](NC(=O)c3ccc(N)cn3)C2)nc1-c1cn(S(=O)(=O)c2ccccc2)c2ccccc12. The van der Waals surface area contributed by atoms with Crippen molar-refractivity contribution in [2.24, 2.45) is 0 Å². The van der Waals surface area contributed by atoms with E-state index in [0.717, 1.165) is 30.2 Å². The van der Waals surface area contributed by atoms with Crippen LogP contribution in [0, 0.1) is 6.92 Å². The third-order valence-electron chi connectivity index (χ3n) is 7.57. The number of benzene rings is 2. The van der Waals surface area contributed by atoms with Crippen molar-refractivity contribution in [3.8, 4) is 11.3 Å². The molecule has 42 heavy (non-hydrogen) atoms. The van der Waals surface area contributed by atoms with Gasteiger partial charge >= 0.3 is 0 Å².